The Morgan fingerprint density at radius 1 is 1.04 bits per heavy atom. The number of nitrogens with zero attached hydrogens (tertiary/aromatic N) is 5. The third-order valence-corrected chi connectivity index (χ3v) is 4.04. The summed E-state index contributed by atoms with van der Waals surface area (Å²) in [5.41, 5.74) is 1.21. The summed E-state index contributed by atoms with van der Waals surface area (Å²) in [6.07, 6.45) is 3.28. The second-order valence-corrected chi connectivity index (χ2v) is 5.74. The van der Waals surface area contributed by atoms with Gasteiger partial charge >= 0.3 is 0 Å². The maximum Gasteiger partial charge on any atom is 0.272 e. The molecule has 0 radical (unpaired) electrons. The van der Waals surface area contributed by atoms with E-state index < -0.39 is 0 Å². The van der Waals surface area contributed by atoms with E-state index in [1.165, 1.54) is 0 Å². The van der Waals surface area contributed by atoms with Crippen molar-refractivity contribution in [2.24, 2.45) is 0 Å². The third kappa shape index (κ3) is 4.28. The van der Waals surface area contributed by atoms with Crippen LogP contribution in [0.4, 0.5) is 5.95 Å². The molecule has 8 heteroatoms. The van der Waals surface area contributed by atoms with Gasteiger partial charge in [-0.3, -0.25) is 14.6 Å². The van der Waals surface area contributed by atoms with E-state index in [9.17, 15) is 9.59 Å². The fourth-order valence-electron chi connectivity index (χ4n) is 2.62. The van der Waals surface area contributed by atoms with Crippen molar-refractivity contribution in [3.8, 4) is 0 Å². The molecule has 0 aliphatic carbocycles. The van der Waals surface area contributed by atoms with Gasteiger partial charge in [0.05, 0.1) is 12.2 Å². The highest BCUT2D eigenvalue weighted by atomic mass is 16.2. The molecule has 0 aromatic carbocycles. The molecular weight excluding hydrogens is 320 g/mol. The van der Waals surface area contributed by atoms with Crippen molar-refractivity contribution in [3.05, 3.63) is 48.0 Å². The van der Waals surface area contributed by atoms with Crippen LogP contribution in [0.1, 0.15) is 23.1 Å². The Morgan fingerprint density at radius 2 is 1.80 bits per heavy atom. The molecule has 0 unspecified atom stereocenters. The molecular formula is C17H20N6O2. The zero-order valence-electron chi connectivity index (χ0n) is 14.1. The number of piperazine rings is 1. The van der Waals surface area contributed by atoms with Crippen LogP contribution in [0.3, 0.4) is 0 Å². The number of nitrogens with one attached hydrogen (secondary N) is 1. The normalized spacial score (nSPS) is 14.3. The van der Waals surface area contributed by atoms with E-state index in [1.807, 2.05) is 18.2 Å². The zero-order chi connectivity index (χ0) is 17.6. The molecule has 0 atom stereocenters. The second kappa shape index (κ2) is 7.69. The molecule has 1 fully saturated rings. The minimum Gasteiger partial charge on any atom is -0.349 e. The van der Waals surface area contributed by atoms with E-state index in [0.717, 1.165) is 5.69 Å². The van der Waals surface area contributed by atoms with Crippen molar-refractivity contribution >= 4 is 17.8 Å². The van der Waals surface area contributed by atoms with E-state index in [0.29, 0.717) is 44.4 Å². The van der Waals surface area contributed by atoms with Gasteiger partial charge in [-0.25, -0.2) is 9.97 Å². The van der Waals surface area contributed by atoms with E-state index in [2.05, 4.69) is 20.3 Å². The quantitative estimate of drug-likeness (QED) is 0.885. The van der Waals surface area contributed by atoms with Crippen LogP contribution in [-0.4, -0.2) is 62.7 Å². The van der Waals surface area contributed by atoms with Gasteiger partial charge in [0.15, 0.2) is 0 Å². The molecule has 3 heterocycles. The van der Waals surface area contributed by atoms with Crippen LogP contribution in [0, 0.1) is 0 Å². The summed E-state index contributed by atoms with van der Waals surface area (Å²) in [4.78, 5) is 40.1. The van der Waals surface area contributed by atoms with Crippen molar-refractivity contribution in [3.63, 3.8) is 0 Å². The van der Waals surface area contributed by atoms with Crippen molar-refractivity contribution in [1.82, 2.24) is 24.8 Å². The molecule has 0 spiro atoms. The lowest BCUT2D eigenvalue weighted by Gasteiger charge is -2.34. The molecule has 1 aliphatic rings. The standard InChI is InChI=1S/C17H20N6O2/c1-13(24)22-8-10-23(11-9-22)16(25)15-5-7-19-17(21-15)20-12-14-4-2-3-6-18-14/h2-7H,8-12H2,1H3,(H,19,20,21). The van der Waals surface area contributed by atoms with Crippen molar-refractivity contribution in [2.75, 3.05) is 31.5 Å². The van der Waals surface area contributed by atoms with Gasteiger partial charge in [0.2, 0.25) is 11.9 Å². The Hall–Kier alpha value is -3.03. The molecule has 1 saturated heterocycles. The average Bonchev–Trinajstić information content (AvgIpc) is 2.67. The Kier molecular flexibility index (Phi) is 5.17. The fraction of sp³-hybridized carbons (Fsp3) is 0.353. The number of hydrogen-bond acceptors (Lipinski definition) is 6. The summed E-state index contributed by atoms with van der Waals surface area (Å²) >= 11 is 0. The van der Waals surface area contributed by atoms with E-state index in [4.69, 9.17) is 0 Å². The number of carbonyl (C=O) groups excluding carboxylic acids is 2. The molecule has 25 heavy (non-hydrogen) atoms. The summed E-state index contributed by atoms with van der Waals surface area (Å²) < 4.78 is 0. The zero-order valence-corrected chi connectivity index (χ0v) is 14.1. The monoisotopic (exact) mass is 340 g/mol. The molecule has 2 aromatic rings. The van der Waals surface area contributed by atoms with Crippen LogP contribution in [0.25, 0.3) is 0 Å². The molecule has 0 saturated carbocycles. The van der Waals surface area contributed by atoms with Crippen molar-refractivity contribution < 1.29 is 9.59 Å². The number of anilines is 1. The molecule has 130 valence electrons. The first kappa shape index (κ1) is 16.8. The average molecular weight is 340 g/mol. The third-order valence-electron chi connectivity index (χ3n) is 4.04. The molecule has 0 bridgehead atoms. The van der Waals surface area contributed by atoms with E-state index >= 15 is 0 Å². The van der Waals surface area contributed by atoms with Gasteiger partial charge in [0.1, 0.15) is 5.69 Å². The first-order chi connectivity index (χ1) is 12.1. The number of amides is 2. The van der Waals surface area contributed by atoms with Crippen LogP contribution in [0.5, 0.6) is 0 Å². The summed E-state index contributed by atoms with van der Waals surface area (Å²) in [7, 11) is 0. The summed E-state index contributed by atoms with van der Waals surface area (Å²) in [6.45, 7) is 4.16. The molecule has 3 rings (SSSR count). The van der Waals surface area contributed by atoms with Gasteiger partial charge in [-0.1, -0.05) is 6.07 Å². The lowest BCUT2D eigenvalue weighted by molar-refractivity contribution is -0.130. The number of aromatic nitrogens is 3. The Morgan fingerprint density at radius 3 is 2.48 bits per heavy atom. The Labute approximate surface area is 145 Å². The molecule has 1 aliphatic heterocycles. The largest absolute Gasteiger partial charge is 0.349 e. The summed E-state index contributed by atoms with van der Waals surface area (Å²) in [5.74, 6) is 0.278. The van der Waals surface area contributed by atoms with Gasteiger partial charge in [-0.05, 0) is 18.2 Å². The molecule has 2 amide bonds. The van der Waals surface area contributed by atoms with Gasteiger partial charge in [-0.2, -0.15) is 0 Å². The smallest absolute Gasteiger partial charge is 0.272 e. The Bertz CT molecular complexity index is 744. The first-order valence-corrected chi connectivity index (χ1v) is 8.15. The SMILES string of the molecule is CC(=O)N1CCN(C(=O)c2ccnc(NCc3ccccn3)n2)CC1. The topological polar surface area (TPSA) is 91.3 Å². The van der Waals surface area contributed by atoms with Crippen LogP contribution >= 0.6 is 0 Å². The Balaban J connectivity index is 1.61. The van der Waals surface area contributed by atoms with Crippen LogP contribution in [0.2, 0.25) is 0 Å². The summed E-state index contributed by atoms with van der Waals surface area (Å²) in [6, 6.07) is 7.26. The minimum atomic E-state index is -0.147. The van der Waals surface area contributed by atoms with Crippen LogP contribution in [0.15, 0.2) is 36.7 Å². The van der Waals surface area contributed by atoms with Crippen molar-refractivity contribution in [2.45, 2.75) is 13.5 Å². The highest BCUT2D eigenvalue weighted by molar-refractivity contribution is 5.92. The maximum atomic E-state index is 12.6. The summed E-state index contributed by atoms with van der Waals surface area (Å²) in [5, 5.41) is 3.07. The van der Waals surface area contributed by atoms with Gasteiger partial charge < -0.3 is 15.1 Å². The lowest BCUT2D eigenvalue weighted by Crippen LogP contribution is -2.50. The van der Waals surface area contributed by atoms with Crippen LogP contribution < -0.4 is 5.32 Å². The molecule has 2 aromatic heterocycles. The molecule has 8 nitrogen and oxygen atoms in total. The predicted molar refractivity (Wildman–Crippen MR) is 91.8 cm³/mol. The number of pyridine rings is 1. The van der Waals surface area contributed by atoms with Crippen LogP contribution in [-0.2, 0) is 11.3 Å². The first-order valence-electron chi connectivity index (χ1n) is 8.15. The minimum absolute atomic E-state index is 0.0372. The van der Waals surface area contributed by atoms with Crippen molar-refractivity contribution in [1.29, 1.82) is 0 Å². The van der Waals surface area contributed by atoms with Gasteiger partial charge in [0.25, 0.3) is 5.91 Å². The second-order valence-electron chi connectivity index (χ2n) is 5.74. The van der Waals surface area contributed by atoms with Gasteiger partial charge in [-0.15, -0.1) is 0 Å². The highest BCUT2D eigenvalue weighted by Gasteiger charge is 2.24. The van der Waals surface area contributed by atoms with Gasteiger partial charge in [0, 0.05) is 45.5 Å². The fourth-order valence-corrected chi connectivity index (χ4v) is 2.62. The number of rotatable bonds is 4. The van der Waals surface area contributed by atoms with E-state index in [1.54, 1.807) is 35.2 Å². The predicted octanol–water partition coefficient (Wildman–Crippen LogP) is 0.788. The van der Waals surface area contributed by atoms with E-state index in [-0.39, 0.29) is 11.8 Å². The lowest BCUT2D eigenvalue weighted by atomic mass is 10.2. The molecule has 1 N–H and O–H groups in total. The number of hydrogen-bond donors (Lipinski definition) is 1. The highest BCUT2D eigenvalue weighted by Crippen LogP contribution is 2.09. The maximum absolute atomic E-state index is 12.6. The number of carbonyl (C=O) groups is 2.